The second-order valence-corrected chi connectivity index (χ2v) is 7.76. The van der Waals surface area contributed by atoms with Gasteiger partial charge < -0.3 is 20.7 Å². The van der Waals surface area contributed by atoms with Crippen molar-refractivity contribution in [1.29, 1.82) is 0 Å². The number of carboxylic acid groups (broad SMARTS) is 1. The topological polar surface area (TPSA) is 130 Å². The number of aliphatic carboxylic acids is 1. The van der Waals surface area contributed by atoms with Gasteiger partial charge in [0.05, 0.1) is 13.2 Å². The van der Waals surface area contributed by atoms with Gasteiger partial charge in [0.15, 0.2) is 0 Å². The summed E-state index contributed by atoms with van der Waals surface area (Å²) < 4.78 is 5.11. The fourth-order valence-corrected chi connectivity index (χ4v) is 3.55. The Morgan fingerprint density at radius 3 is 2.00 bits per heavy atom. The number of nitrogens with two attached hydrogens (primary N) is 1. The molecule has 35 heavy (non-hydrogen) atoms. The molecule has 3 rings (SSSR count). The Labute approximate surface area is 225 Å². The fraction of sp³-hybridized carbons (Fsp3) is 0.192. The number of carbonyl (C=O) groups is 3. The molecule has 8 nitrogen and oxygen atoms in total. The number of hydrogen-bond donors (Lipinski definition) is 3. The number of benzene rings is 3. The van der Waals surface area contributed by atoms with Crippen molar-refractivity contribution in [2.75, 3.05) is 7.11 Å². The summed E-state index contributed by atoms with van der Waals surface area (Å²) in [6, 6.07) is 18.3. The number of phenolic OH excluding ortho intramolecular Hbond substituents is 1. The molecule has 0 saturated carbocycles. The number of carbonyl (C=O) groups excluding carboxylic acids is 2. The van der Waals surface area contributed by atoms with Gasteiger partial charge in [-0.05, 0) is 53.9 Å². The van der Waals surface area contributed by atoms with E-state index in [2.05, 4.69) is 0 Å². The van der Waals surface area contributed by atoms with Crippen LogP contribution < -0.4 is 10.5 Å². The van der Waals surface area contributed by atoms with Crippen molar-refractivity contribution < 1.29 is 29.3 Å². The van der Waals surface area contributed by atoms with Gasteiger partial charge in [-0.1, -0.05) is 42.5 Å². The summed E-state index contributed by atoms with van der Waals surface area (Å²) in [6.45, 7) is 0. The molecule has 0 fully saturated rings. The summed E-state index contributed by atoms with van der Waals surface area (Å²) in [4.78, 5) is 39.9. The molecule has 0 bridgehead atoms. The number of imide groups is 1. The van der Waals surface area contributed by atoms with Crippen LogP contribution in [0.4, 0.5) is 0 Å². The Morgan fingerprint density at radius 2 is 1.46 bits per heavy atom. The number of carboxylic acids is 1. The second kappa shape index (κ2) is 13.1. The maximum atomic E-state index is 13.4. The van der Waals surface area contributed by atoms with Gasteiger partial charge in [0.25, 0.3) is 5.91 Å². The van der Waals surface area contributed by atoms with Crippen molar-refractivity contribution >= 4 is 47.3 Å². The van der Waals surface area contributed by atoms with E-state index in [4.69, 9.17) is 10.5 Å². The van der Waals surface area contributed by atoms with E-state index in [1.165, 1.54) is 43.5 Å². The first-order valence-corrected chi connectivity index (χ1v) is 10.6. The molecule has 9 heteroatoms. The third kappa shape index (κ3) is 7.40. The third-order valence-electron chi connectivity index (χ3n) is 5.37. The Kier molecular flexibility index (Phi) is 10.5. The predicted molar refractivity (Wildman–Crippen MR) is 133 cm³/mol. The van der Waals surface area contributed by atoms with Crippen LogP contribution in [0.1, 0.15) is 21.5 Å². The van der Waals surface area contributed by atoms with E-state index in [1.807, 2.05) is 6.07 Å². The third-order valence-corrected chi connectivity index (χ3v) is 5.37. The summed E-state index contributed by atoms with van der Waals surface area (Å²) in [5.41, 5.74) is 7.61. The minimum absolute atomic E-state index is 0. The molecule has 0 spiro atoms. The number of amides is 2. The molecule has 2 unspecified atom stereocenters. The summed E-state index contributed by atoms with van der Waals surface area (Å²) >= 11 is 0. The molecule has 0 radical (unpaired) electrons. The SMILES string of the molecule is COc1ccc(C(=O)N(C(=O)C(N)Cc2ccccc2)C(Cc2ccc(O)cc2)C(=O)O)cc1.[NaH]. The number of ether oxygens (including phenoxy) is 1. The zero-order valence-corrected chi connectivity index (χ0v) is 18.6. The summed E-state index contributed by atoms with van der Waals surface area (Å²) in [6.07, 6.45) is -0.0150. The van der Waals surface area contributed by atoms with Crippen LogP contribution in [0.5, 0.6) is 11.5 Å². The Balaban J connectivity index is 0.00000432. The summed E-state index contributed by atoms with van der Waals surface area (Å²) in [5.74, 6) is -2.40. The van der Waals surface area contributed by atoms with Gasteiger partial charge >= 0.3 is 35.5 Å². The van der Waals surface area contributed by atoms with Gasteiger partial charge in [-0.2, -0.15) is 0 Å². The van der Waals surface area contributed by atoms with Crippen LogP contribution in [0.25, 0.3) is 0 Å². The molecule has 0 aliphatic rings. The van der Waals surface area contributed by atoms with E-state index in [9.17, 15) is 24.6 Å². The van der Waals surface area contributed by atoms with Gasteiger partial charge in [-0.15, -0.1) is 0 Å². The number of rotatable bonds is 9. The first kappa shape index (κ1) is 28.1. The van der Waals surface area contributed by atoms with Crippen molar-refractivity contribution in [2.24, 2.45) is 5.73 Å². The molecule has 2 amide bonds. The molecule has 2 atom stereocenters. The van der Waals surface area contributed by atoms with Gasteiger partial charge in [-0.3, -0.25) is 14.5 Å². The molecule has 0 aliphatic carbocycles. The molecule has 3 aromatic carbocycles. The van der Waals surface area contributed by atoms with Gasteiger partial charge in [0.1, 0.15) is 17.5 Å². The fourth-order valence-electron chi connectivity index (χ4n) is 3.55. The number of nitrogens with zero attached hydrogens (tertiary/aromatic N) is 1. The molecular weight excluding hydrogens is 459 g/mol. The molecule has 4 N–H and O–H groups in total. The van der Waals surface area contributed by atoms with E-state index in [0.717, 1.165) is 10.5 Å². The first-order valence-electron chi connectivity index (χ1n) is 10.6. The minimum atomic E-state index is -1.51. The first-order chi connectivity index (χ1) is 16.3. The molecule has 0 aliphatic heterocycles. The summed E-state index contributed by atoms with van der Waals surface area (Å²) in [5, 5.41) is 19.5. The maximum absolute atomic E-state index is 13.4. The van der Waals surface area contributed by atoms with Crippen LogP contribution in [0.15, 0.2) is 78.9 Å². The van der Waals surface area contributed by atoms with Crippen molar-refractivity contribution in [3.63, 3.8) is 0 Å². The average Bonchev–Trinajstić information content (AvgIpc) is 2.85. The van der Waals surface area contributed by atoms with E-state index in [1.54, 1.807) is 36.4 Å². The van der Waals surface area contributed by atoms with Crippen LogP contribution in [0, 0.1) is 0 Å². The van der Waals surface area contributed by atoms with Gasteiger partial charge in [-0.25, -0.2) is 4.79 Å². The second-order valence-electron chi connectivity index (χ2n) is 7.76. The van der Waals surface area contributed by atoms with Gasteiger partial charge in [0, 0.05) is 12.0 Å². The zero-order chi connectivity index (χ0) is 24.7. The number of methoxy groups -OCH3 is 1. The van der Waals surface area contributed by atoms with E-state index >= 15 is 0 Å². The zero-order valence-electron chi connectivity index (χ0n) is 18.6. The molecule has 0 aromatic heterocycles. The molecular formula is C26H27N2NaO6. The number of hydrogen-bond acceptors (Lipinski definition) is 6. The van der Waals surface area contributed by atoms with E-state index < -0.39 is 29.9 Å². The van der Waals surface area contributed by atoms with E-state index in [-0.39, 0.29) is 53.7 Å². The normalized spacial score (nSPS) is 12.1. The number of aromatic hydroxyl groups is 1. The monoisotopic (exact) mass is 486 g/mol. The standard InChI is InChI=1S/C26H26N2O6.Na.H/c1-34-21-13-9-19(10-14-21)24(30)28(25(31)22(27)15-17-5-3-2-4-6-17)23(26(32)33)16-18-7-11-20(29)12-8-18;;/h2-14,22-23,29H,15-16,27H2,1H3,(H,32,33);;. The average molecular weight is 487 g/mol. The van der Waals surface area contributed by atoms with Gasteiger partial charge in [0.2, 0.25) is 5.91 Å². The molecule has 3 aromatic rings. The molecule has 0 saturated heterocycles. The van der Waals surface area contributed by atoms with Crippen LogP contribution in [-0.4, -0.2) is 81.6 Å². The van der Waals surface area contributed by atoms with Crippen molar-refractivity contribution in [3.8, 4) is 11.5 Å². The molecule has 0 heterocycles. The van der Waals surface area contributed by atoms with Crippen molar-refractivity contribution in [2.45, 2.75) is 24.9 Å². The van der Waals surface area contributed by atoms with Crippen molar-refractivity contribution in [1.82, 2.24) is 4.90 Å². The quantitative estimate of drug-likeness (QED) is 0.394. The van der Waals surface area contributed by atoms with Crippen molar-refractivity contribution in [3.05, 3.63) is 95.6 Å². The Bertz CT molecular complexity index is 1140. The number of phenols is 1. The Hall–Kier alpha value is -3.17. The van der Waals surface area contributed by atoms with Crippen LogP contribution in [0.2, 0.25) is 0 Å². The summed E-state index contributed by atoms with van der Waals surface area (Å²) in [7, 11) is 1.48. The van der Waals surface area contributed by atoms with Crippen LogP contribution in [0.3, 0.4) is 0 Å². The predicted octanol–water partition coefficient (Wildman–Crippen LogP) is 1.99. The molecule has 178 valence electrons. The van der Waals surface area contributed by atoms with Crippen LogP contribution >= 0.6 is 0 Å². The van der Waals surface area contributed by atoms with E-state index in [0.29, 0.717) is 11.3 Å². The Morgan fingerprint density at radius 1 is 0.886 bits per heavy atom. The van der Waals surface area contributed by atoms with Crippen LogP contribution in [-0.2, 0) is 22.4 Å².